The molecule has 6 heteroatoms. The number of benzene rings is 1. The van der Waals surface area contributed by atoms with E-state index in [1.807, 2.05) is 42.8 Å². The Bertz CT molecular complexity index is 654. The van der Waals surface area contributed by atoms with Gasteiger partial charge in [-0.2, -0.15) is 0 Å². The first-order valence-electron chi connectivity index (χ1n) is 5.48. The molecule has 2 aromatic heterocycles. The van der Waals surface area contributed by atoms with Crippen LogP contribution in [0.15, 0.2) is 35.1 Å². The molecule has 0 atom stereocenters. The lowest BCUT2D eigenvalue weighted by Crippen LogP contribution is -1.94. The Balaban J connectivity index is 1.99. The minimum Gasteiger partial charge on any atom is -0.423 e. The minimum atomic E-state index is 0.510. The normalized spacial score (nSPS) is 10.8. The van der Waals surface area contributed by atoms with E-state index in [1.54, 1.807) is 0 Å². The second-order valence-electron chi connectivity index (χ2n) is 3.95. The number of rotatable bonds is 2. The minimum absolute atomic E-state index is 0.510. The zero-order valence-electron chi connectivity index (χ0n) is 10.0. The van der Waals surface area contributed by atoms with E-state index < -0.39 is 0 Å². The molecule has 6 nitrogen and oxygen atoms in total. The van der Waals surface area contributed by atoms with Crippen molar-refractivity contribution in [1.29, 1.82) is 0 Å². The first kappa shape index (κ1) is 10.6. The smallest absolute Gasteiger partial charge is 0.247 e. The predicted octanol–water partition coefficient (Wildman–Crippen LogP) is 1.84. The van der Waals surface area contributed by atoms with Crippen LogP contribution in [0, 0.1) is 6.92 Å². The third-order valence-corrected chi connectivity index (χ3v) is 2.84. The zero-order chi connectivity index (χ0) is 12.5. The number of nitrogens with zero attached hydrogens (tertiary/aromatic N) is 5. The summed E-state index contributed by atoms with van der Waals surface area (Å²) in [5.41, 5.74) is 1.89. The van der Waals surface area contributed by atoms with Gasteiger partial charge in [0.05, 0.1) is 0 Å². The molecule has 0 saturated carbocycles. The Hall–Kier alpha value is -2.50. The van der Waals surface area contributed by atoms with Crippen LogP contribution in [0.4, 0.5) is 0 Å². The zero-order valence-corrected chi connectivity index (χ0v) is 10.0. The SMILES string of the molecule is Cc1nnc(-c2ccc(-c3nnco3)cc2)n1C. The molecule has 0 aliphatic carbocycles. The summed E-state index contributed by atoms with van der Waals surface area (Å²) >= 11 is 0. The van der Waals surface area contributed by atoms with Gasteiger partial charge in [0.1, 0.15) is 5.82 Å². The van der Waals surface area contributed by atoms with Gasteiger partial charge in [0.15, 0.2) is 5.82 Å². The third-order valence-electron chi connectivity index (χ3n) is 2.84. The lowest BCUT2D eigenvalue weighted by Gasteiger charge is -2.02. The van der Waals surface area contributed by atoms with E-state index >= 15 is 0 Å². The molecule has 0 saturated heterocycles. The molecule has 0 spiro atoms. The van der Waals surface area contributed by atoms with Crippen molar-refractivity contribution >= 4 is 0 Å². The summed E-state index contributed by atoms with van der Waals surface area (Å²) in [5.74, 6) is 2.23. The molecule has 0 aliphatic rings. The Morgan fingerprint density at radius 1 is 1.00 bits per heavy atom. The van der Waals surface area contributed by atoms with Crippen LogP contribution < -0.4 is 0 Å². The van der Waals surface area contributed by atoms with Crippen molar-refractivity contribution in [1.82, 2.24) is 25.0 Å². The fraction of sp³-hybridized carbons (Fsp3) is 0.167. The van der Waals surface area contributed by atoms with Crippen molar-refractivity contribution in [2.24, 2.45) is 7.05 Å². The van der Waals surface area contributed by atoms with Crippen LogP contribution in [0.2, 0.25) is 0 Å². The fourth-order valence-electron chi connectivity index (χ4n) is 1.72. The van der Waals surface area contributed by atoms with E-state index in [9.17, 15) is 0 Å². The molecule has 3 aromatic rings. The average Bonchev–Trinajstić information content (AvgIpc) is 3.02. The lowest BCUT2D eigenvalue weighted by atomic mass is 10.1. The molecule has 3 rings (SSSR count). The maximum atomic E-state index is 5.14. The molecule has 18 heavy (non-hydrogen) atoms. The largest absolute Gasteiger partial charge is 0.423 e. The van der Waals surface area contributed by atoms with Gasteiger partial charge in [0, 0.05) is 18.2 Å². The van der Waals surface area contributed by atoms with E-state index in [-0.39, 0.29) is 0 Å². The van der Waals surface area contributed by atoms with Crippen LogP contribution in [0.25, 0.3) is 22.8 Å². The van der Waals surface area contributed by atoms with Crippen molar-refractivity contribution in [2.45, 2.75) is 6.92 Å². The number of hydrogen-bond donors (Lipinski definition) is 0. The van der Waals surface area contributed by atoms with E-state index in [4.69, 9.17) is 4.42 Å². The topological polar surface area (TPSA) is 69.6 Å². The molecule has 0 bridgehead atoms. The molecule has 0 aliphatic heterocycles. The maximum absolute atomic E-state index is 5.14. The van der Waals surface area contributed by atoms with Crippen molar-refractivity contribution in [3.63, 3.8) is 0 Å². The summed E-state index contributed by atoms with van der Waals surface area (Å²) in [6.45, 7) is 1.92. The third kappa shape index (κ3) is 1.67. The standard InChI is InChI=1S/C12H11N5O/c1-8-14-15-11(17(8)2)9-3-5-10(6-4-9)12-16-13-7-18-12/h3-7H,1-2H3. The van der Waals surface area contributed by atoms with Crippen LogP contribution in [0.1, 0.15) is 5.82 Å². The van der Waals surface area contributed by atoms with Gasteiger partial charge >= 0.3 is 0 Å². The van der Waals surface area contributed by atoms with Gasteiger partial charge in [-0.15, -0.1) is 20.4 Å². The maximum Gasteiger partial charge on any atom is 0.247 e. The number of hydrogen-bond acceptors (Lipinski definition) is 5. The van der Waals surface area contributed by atoms with Crippen LogP contribution in [0.5, 0.6) is 0 Å². The molecule has 2 heterocycles. The van der Waals surface area contributed by atoms with Crippen LogP contribution in [-0.2, 0) is 7.05 Å². The highest BCUT2D eigenvalue weighted by Gasteiger charge is 2.09. The van der Waals surface area contributed by atoms with Crippen LogP contribution in [-0.4, -0.2) is 25.0 Å². The van der Waals surface area contributed by atoms with Crippen molar-refractivity contribution < 1.29 is 4.42 Å². The van der Waals surface area contributed by atoms with E-state index in [0.717, 1.165) is 22.8 Å². The van der Waals surface area contributed by atoms with Crippen molar-refractivity contribution in [3.8, 4) is 22.8 Å². The summed E-state index contributed by atoms with van der Waals surface area (Å²) in [6, 6.07) is 7.77. The van der Waals surface area contributed by atoms with Gasteiger partial charge in [0.25, 0.3) is 0 Å². The van der Waals surface area contributed by atoms with Gasteiger partial charge < -0.3 is 8.98 Å². The molecule has 90 valence electrons. The van der Waals surface area contributed by atoms with Gasteiger partial charge in [-0.25, -0.2) is 0 Å². The number of aromatic nitrogens is 5. The lowest BCUT2D eigenvalue weighted by molar-refractivity contribution is 0.568. The molecule has 0 N–H and O–H groups in total. The van der Waals surface area contributed by atoms with E-state index in [0.29, 0.717) is 5.89 Å². The van der Waals surface area contributed by atoms with Gasteiger partial charge in [-0.05, 0) is 19.1 Å². The van der Waals surface area contributed by atoms with Crippen LogP contribution in [0.3, 0.4) is 0 Å². The number of aryl methyl sites for hydroxylation is 1. The quantitative estimate of drug-likeness (QED) is 0.684. The second-order valence-corrected chi connectivity index (χ2v) is 3.95. The summed E-state index contributed by atoms with van der Waals surface area (Å²) in [4.78, 5) is 0. The average molecular weight is 241 g/mol. The second kappa shape index (κ2) is 4.06. The van der Waals surface area contributed by atoms with E-state index in [2.05, 4.69) is 20.4 Å². The Kier molecular flexibility index (Phi) is 2.40. The Morgan fingerprint density at radius 3 is 2.28 bits per heavy atom. The highest BCUT2D eigenvalue weighted by molar-refractivity contribution is 5.62. The van der Waals surface area contributed by atoms with Gasteiger partial charge in [0.2, 0.25) is 12.3 Å². The monoisotopic (exact) mass is 241 g/mol. The Morgan fingerprint density at radius 2 is 1.72 bits per heavy atom. The first-order valence-corrected chi connectivity index (χ1v) is 5.48. The van der Waals surface area contributed by atoms with E-state index in [1.165, 1.54) is 6.39 Å². The van der Waals surface area contributed by atoms with Gasteiger partial charge in [-0.3, -0.25) is 0 Å². The van der Waals surface area contributed by atoms with Crippen LogP contribution >= 0.6 is 0 Å². The van der Waals surface area contributed by atoms with Gasteiger partial charge in [-0.1, -0.05) is 12.1 Å². The molecule has 0 amide bonds. The molecule has 0 unspecified atom stereocenters. The summed E-state index contributed by atoms with van der Waals surface area (Å²) < 4.78 is 7.08. The molecule has 0 fully saturated rings. The Labute approximate surface area is 103 Å². The fourth-order valence-corrected chi connectivity index (χ4v) is 1.72. The molecular weight excluding hydrogens is 230 g/mol. The summed E-state index contributed by atoms with van der Waals surface area (Å²) in [5, 5.41) is 15.7. The van der Waals surface area contributed by atoms with Crippen molar-refractivity contribution in [3.05, 3.63) is 36.5 Å². The molecular formula is C12H11N5O. The van der Waals surface area contributed by atoms with Crippen molar-refractivity contribution in [2.75, 3.05) is 0 Å². The highest BCUT2D eigenvalue weighted by atomic mass is 16.4. The molecule has 0 radical (unpaired) electrons. The highest BCUT2D eigenvalue weighted by Crippen LogP contribution is 2.22. The molecule has 1 aromatic carbocycles. The predicted molar refractivity (Wildman–Crippen MR) is 64.5 cm³/mol. The first-order chi connectivity index (χ1) is 8.75. The summed E-state index contributed by atoms with van der Waals surface area (Å²) in [7, 11) is 1.94. The summed E-state index contributed by atoms with van der Waals surface area (Å²) in [6.07, 6.45) is 1.31.